The van der Waals surface area contributed by atoms with Crippen LogP contribution >= 0.6 is 0 Å². The van der Waals surface area contributed by atoms with Crippen molar-refractivity contribution >= 4 is 23.6 Å². The minimum atomic E-state index is -0.953. The summed E-state index contributed by atoms with van der Waals surface area (Å²) in [5, 5.41) is 13.8. The number of methoxy groups -OCH3 is 3. The van der Waals surface area contributed by atoms with Crippen LogP contribution in [0.1, 0.15) is 59.8 Å². The number of rotatable bonds is 4. The van der Waals surface area contributed by atoms with Gasteiger partial charge in [-0.15, -0.1) is 0 Å². The minimum absolute atomic E-state index is 0.0354. The second kappa shape index (κ2) is 15.4. The zero-order chi connectivity index (χ0) is 30.1. The highest BCUT2D eigenvalue weighted by Gasteiger charge is 2.41. The van der Waals surface area contributed by atoms with Gasteiger partial charge in [0.05, 0.1) is 29.9 Å². The summed E-state index contributed by atoms with van der Waals surface area (Å²) in [7, 11) is 4.39. The maximum absolute atomic E-state index is 13.4. The van der Waals surface area contributed by atoms with Gasteiger partial charge in [-0.2, -0.15) is 0 Å². The number of carbonyl (C=O) groups is 4. The summed E-state index contributed by atoms with van der Waals surface area (Å²) >= 11 is 0. The van der Waals surface area contributed by atoms with Gasteiger partial charge in [0.1, 0.15) is 6.10 Å². The van der Waals surface area contributed by atoms with Gasteiger partial charge in [-0.1, -0.05) is 26.8 Å². The lowest BCUT2D eigenvalue weighted by Gasteiger charge is -2.32. The molecule has 0 saturated carbocycles. The zero-order valence-corrected chi connectivity index (χ0v) is 24.7. The fourth-order valence-electron chi connectivity index (χ4n) is 5.68. The Morgan fingerprint density at radius 2 is 1.62 bits per heavy atom. The number of allylic oxidation sites excluding steroid dienone is 1. The number of Topliss-reactive ketones (excluding diaryl/α,β-unsaturated/α-hetero) is 1. The molecule has 226 valence electrons. The quantitative estimate of drug-likeness (QED) is 0.434. The Hall–Kier alpha value is -2.60. The molecule has 1 unspecified atom stereocenters. The Labute approximate surface area is 236 Å². The summed E-state index contributed by atoms with van der Waals surface area (Å²) in [6.45, 7) is 7.27. The number of hydrogen-bond acceptors (Lipinski definition) is 9. The molecule has 11 nitrogen and oxygen atoms in total. The van der Waals surface area contributed by atoms with E-state index < -0.39 is 54.4 Å². The van der Waals surface area contributed by atoms with E-state index in [-0.39, 0.29) is 29.1 Å². The van der Waals surface area contributed by atoms with Gasteiger partial charge in [-0.3, -0.25) is 14.4 Å². The molecule has 0 radical (unpaired) electrons. The van der Waals surface area contributed by atoms with Crippen molar-refractivity contribution < 1.29 is 43.2 Å². The van der Waals surface area contributed by atoms with Gasteiger partial charge >= 0.3 is 6.09 Å². The second-order valence-corrected chi connectivity index (χ2v) is 11.2. The van der Waals surface area contributed by atoms with Crippen molar-refractivity contribution in [3.05, 3.63) is 23.4 Å². The van der Waals surface area contributed by atoms with Gasteiger partial charge in [0.25, 0.3) is 0 Å². The van der Waals surface area contributed by atoms with Crippen LogP contribution in [0, 0.1) is 23.7 Å². The highest BCUT2D eigenvalue weighted by molar-refractivity contribution is 6.13. The summed E-state index contributed by atoms with van der Waals surface area (Å²) in [5.74, 6) is -2.90. The molecule has 0 saturated heterocycles. The fourth-order valence-corrected chi connectivity index (χ4v) is 5.68. The molecule has 9 atom stereocenters. The normalized spacial score (nSPS) is 36.7. The van der Waals surface area contributed by atoms with Gasteiger partial charge in [0, 0.05) is 39.2 Å². The Kier molecular flexibility index (Phi) is 12.9. The first-order valence-corrected chi connectivity index (χ1v) is 13.9. The molecule has 2 amide bonds. The molecule has 2 bridgehead atoms. The van der Waals surface area contributed by atoms with Gasteiger partial charge in [0.2, 0.25) is 5.91 Å². The standard InChI is InChI=1S/C29H46N2O9/c1-15-11-19-25(34)20(14-21(32)27(19)39-7)31-28(35)16(2)9-8-10-22(37-5)26(40-29(30)36)18(4)13-17(3)24(33)23(12-15)38-6/h13-17,19,22-24,26-27,33H,8-12H2,1-7H3,(H2,30,36)(H,31,35)/b18-13+/t15-,16-,17-,19+,22-,23-,24+,26-,27?/m0/s1. The van der Waals surface area contributed by atoms with Gasteiger partial charge in [-0.25, -0.2) is 4.79 Å². The molecule has 4 N–H and O–H groups in total. The van der Waals surface area contributed by atoms with Crippen molar-refractivity contribution in [2.24, 2.45) is 29.4 Å². The van der Waals surface area contributed by atoms with E-state index in [4.69, 9.17) is 24.7 Å². The van der Waals surface area contributed by atoms with Crippen LogP contribution in [0.2, 0.25) is 0 Å². The molecule has 0 fully saturated rings. The average molecular weight is 567 g/mol. The number of carbonyl (C=O) groups excluding carboxylic acids is 4. The van der Waals surface area contributed by atoms with E-state index in [1.54, 1.807) is 13.8 Å². The highest BCUT2D eigenvalue weighted by atomic mass is 16.6. The number of fused-ring (bicyclic) bond motifs is 2. The van der Waals surface area contributed by atoms with Crippen LogP contribution in [0.15, 0.2) is 23.4 Å². The van der Waals surface area contributed by atoms with Crippen molar-refractivity contribution in [2.75, 3.05) is 21.3 Å². The summed E-state index contributed by atoms with van der Waals surface area (Å²) < 4.78 is 22.1. The van der Waals surface area contributed by atoms with Crippen molar-refractivity contribution in [2.45, 2.75) is 90.3 Å². The van der Waals surface area contributed by atoms with E-state index in [0.29, 0.717) is 37.7 Å². The van der Waals surface area contributed by atoms with Crippen LogP contribution in [-0.2, 0) is 33.3 Å². The lowest BCUT2D eigenvalue weighted by Crippen LogP contribution is -2.46. The smallest absolute Gasteiger partial charge is 0.405 e. The summed E-state index contributed by atoms with van der Waals surface area (Å²) in [5.41, 5.74) is 5.99. The van der Waals surface area contributed by atoms with E-state index >= 15 is 0 Å². The van der Waals surface area contributed by atoms with Crippen LogP contribution < -0.4 is 11.1 Å². The maximum Gasteiger partial charge on any atom is 0.405 e. The number of nitrogens with two attached hydrogens (primary N) is 1. The fraction of sp³-hybridized carbons (Fsp3) is 0.724. The highest BCUT2D eigenvalue weighted by Crippen LogP contribution is 2.31. The lowest BCUT2D eigenvalue weighted by molar-refractivity contribution is -0.138. The number of aliphatic hydroxyl groups excluding tert-OH is 1. The van der Waals surface area contributed by atoms with Crippen LogP contribution in [0.3, 0.4) is 0 Å². The van der Waals surface area contributed by atoms with Crippen molar-refractivity contribution in [3.8, 4) is 0 Å². The average Bonchev–Trinajstić information content (AvgIpc) is 2.90. The van der Waals surface area contributed by atoms with Crippen molar-refractivity contribution in [1.82, 2.24) is 5.32 Å². The molecule has 0 aromatic rings. The molecule has 1 heterocycles. The molecule has 0 aromatic carbocycles. The number of nitrogens with one attached hydrogen (secondary N) is 1. The third kappa shape index (κ3) is 8.70. The molecule has 1 aliphatic carbocycles. The second-order valence-electron chi connectivity index (χ2n) is 11.2. The molecule has 0 aromatic heterocycles. The molecular weight excluding hydrogens is 520 g/mol. The summed E-state index contributed by atoms with van der Waals surface area (Å²) in [6.07, 6.45) is 0.359. The van der Waals surface area contributed by atoms with Crippen LogP contribution in [0.4, 0.5) is 4.79 Å². The third-order valence-corrected chi connectivity index (χ3v) is 7.99. The molecule has 1 aliphatic heterocycles. The third-order valence-electron chi connectivity index (χ3n) is 7.99. The van der Waals surface area contributed by atoms with E-state index in [9.17, 15) is 24.3 Å². The number of amides is 2. The first-order chi connectivity index (χ1) is 18.8. The van der Waals surface area contributed by atoms with E-state index in [2.05, 4.69) is 5.32 Å². The number of ether oxygens (including phenoxy) is 4. The lowest BCUT2D eigenvalue weighted by atomic mass is 9.79. The van der Waals surface area contributed by atoms with Gasteiger partial charge in [-0.05, 0) is 50.5 Å². The number of ketones is 2. The largest absolute Gasteiger partial charge is 0.439 e. The molecule has 2 rings (SSSR count). The van der Waals surface area contributed by atoms with Crippen molar-refractivity contribution in [1.29, 1.82) is 0 Å². The first-order valence-electron chi connectivity index (χ1n) is 13.9. The monoisotopic (exact) mass is 566 g/mol. The number of hydrogen-bond donors (Lipinski definition) is 3. The van der Waals surface area contributed by atoms with E-state index in [1.165, 1.54) is 21.3 Å². The number of primary amides is 1. The topological polar surface area (TPSA) is 163 Å². The van der Waals surface area contributed by atoms with Gasteiger partial charge < -0.3 is 35.1 Å². The zero-order valence-electron chi connectivity index (χ0n) is 24.7. The molecular formula is C29H46N2O9. The Bertz CT molecular complexity index is 979. The number of aliphatic hydroxyl groups is 1. The predicted octanol–water partition coefficient (Wildman–Crippen LogP) is 2.44. The Morgan fingerprint density at radius 1 is 0.975 bits per heavy atom. The first kappa shape index (κ1) is 33.6. The van der Waals surface area contributed by atoms with E-state index in [0.717, 1.165) is 6.08 Å². The summed E-state index contributed by atoms with van der Waals surface area (Å²) in [4.78, 5) is 50.9. The molecule has 40 heavy (non-hydrogen) atoms. The van der Waals surface area contributed by atoms with Crippen LogP contribution in [0.5, 0.6) is 0 Å². The van der Waals surface area contributed by atoms with Crippen molar-refractivity contribution in [3.63, 3.8) is 0 Å². The van der Waals surface area contributed by atoms with E-state index in [1.807, 2.05) is 19.9 Å². The Morgan fingerprint density at radius 3 is 2.20 bits per heavy atom. The van der Waals surface area contributed by atoms with Crippen LogP contribution in [-0.4, -0.2) is 80.5 Å². The molecule has 0 spiro atoms. The maximum atomic E-state index is 13.4. The van der Waals surface area contributed by atoms with Gasteiger partial charge in [0.15, 0.2) is 17.7 Å². The molecule has 2 aliphatic rings. The SMILES string of the molecule is COC1C(=O)C=C2NC(=O)[C@@H](C)CCC[C@H](OC)[C@@H](OC(N)=O)/C(C)=C/[C@H](C)[C@@H](O)[C@@H](OC)C[C@@H](C)C[C@@H]1C2=O. The minimum Gasteiger partial charge on any atom is -0.439 e. The molecule has 11 heteroatoms. The Balaban J connectivity index is 2.47. The predicted molar refractivity (Wildman–Crippen MR) is 147 cm³/mol. The summed E-state index contributed by atoms with van der Waals surface area (Å²) in [6, 6.07) is 0. The van der Waals surface area contributed by atoms with Crippen LogP contribution in [0.25, 0.3) is 0 Å².